The second kappa shape index (κ2) is 4.59. The van der Waals surface area contributed by atoms with Crippen molar-refractivity contribution in [3.05, 3.63) is 6.33 Å². The molecule has 3 heterocycles. The number of nitrogens with zero attached hydrogens (tertiary/aromatic N) is 4. The van der Waals surface area contributed by atoms with Gasteiger partial charge in [-0.15, -0.1) is 0 Å². The van der Waals surface area contributed by atoms with Crippen LogP contribution < -0.4 is 10.2 Å². The molecule has 106 valence electrons. The third kappa shape index (κ3) is 1.98. The SMILES string of the molecule is OCC1CCCN1c1nc2ncnc(NC3CC3)c2[nH]1. The fourth-order valence-corrected chi connectivity index (χ4v) is 2.79. The molecule has 1 atom stereocenters. The van der Waals surface area contributed by atoms with Crippen molar-refractivity contribution in [3.63, 3.8) is 0 Å². The molecule has 0 spiro atoms. The Morgan fingerprint density at radius 2 is 2.25 bits per heavy atom. The number of hydrogen-bond acceptors (Lipinski definition) is 6. The molecular weight excluding hydrogens is 256 g/mol. The number of fused-ring (bicyclic) bond motifs is 1. The third-order valence-corrected chi connectivity index (χ3v) is 4.05. The second-order valence-corrected chi connectivity index (χ2v) is 5.57. The number of hydrogen-bond donors (Lipinski definition) is 3. The van der Waals surface area contributed by atoms with Crippen LogP contribution in [0, 0.1) is 0 Å². The van der Waals surface area contributed by atoms with Crippen LogP contribution in [-0.2, 0) is 0 Å². The van der Waals surface area contributed by atoms with E-state index in [9.17, 15) is 5.11 Å². The fraction of sp³-hybridized carbons (Fsp3) is 0.615. The van der Waals surface area contributed by atoms with Crippen LogP contribution in [0.5, 0.6) is 0 Å². The molecule has 2 aromatic heterocycles. The van der Waals surface area contributed by atoms with E-state index < -0.39 is 0 Å². The monoisotopic (exact) mass is 274 g/mol. The van der Waals surface area contributed by atoms with Gasteiger partial charge in [0.1, 0.15) is 11.8 Å². The van der Waals surface area contributed by atoms with E-state index in [1.807, 2.05) is 0 Å². The molecule has 2 aliphatic rings. The highest BCUT2D eigenvalue weighted by Crippen LogP contribution is 2.29. The molecule has 20 heavy (non-hydrogen) atoms. The van der Waals surface area contributed by atoms with Crippen LogP contribution in [0.15, 0.2) is 6.33 Å². The molecule has 1 aliphatic heterocycles. The van der Waals surface area contributed by atoms with Crippen molar-refractivity contribution in [1.82, 2.24) is 19.9 Å². The lowest BCUT2D eigenvalue weighted by molar-refractivity contribution is 0.265. The van der Waals surface area contributed by atoms with Gasteiger partial charge >= 0.3 is 0 Å². The van der Waals surface area contributed by atoms with Gasteiger partial charge in [-0.2, -0.15) is 4.98 Å². The first-order valence-electron chi connectivity index (χ1n) is 7.20. The summed E-state index contributed by atoms with van der Waals surface area (Å²) in [7, 11) is 0. The third-order valence-electron chi connectivity index (χ3n) is 4.05. The lowest BCUT2D eigenvalue weighted by Gasteiger charge is -2.21. The zero-order valence-electron chi connectivity index (χ0n) is 11.2. The van der Waals surface area contributed by atoms with Crippen LogP contribution in [0.25, 0.3) is 11.2 Å². The maximum absolute atomic E-state index is 9.43. The van der Waals surface area contributed by atoms with E-state index in [1.54, 1.807) is 6.33 Å². The van der Waals surface area contributed by atoms with Gasteiger partial charge in [-0.3, -0.25) is 0 Å². The van der Waals surface area contributed by atoms with Crippen molar-refractivity contribution in [2.75, 3.05) is 23.4 Å². The first-order valence-corrected chi connectivity index (χ1v) is 7.20. The first kappa shape index (κ1) is 11.9. The van der Waals surface area contributed by atoms with Crippen LogP contribution in [0.3, 0.4) is 0 Å². The smallest absolute Gasteiger partial charge is 0.205 e. The Hall–Kier alpha value is -1.89. The Morgan fingerprint density at radius 3 is 3.05 bits per heavy atom. The van der Waals surface area contributed by atoms with Crippen LogP contribution in [-0.4, -0.2) is 50.3 Å². The minimum Gasteiger partial charge on any atom is -0.394 e. The standard InChI is InChI=1S/C13H18N6O/c20-6-9-2-1-5-19(9)13-17-10-11(16-8-3-4-8)14-7-15-12(10)18-13/h7-9,20H,1-6H2,(H2,14,15,16,17,18). The lowest BCUT2D eigenvalue weighted by Crippen LogP contribution is -2.32. The Bertz CT molecular complexity index is 622. The van der Waals surface area contributed by atoms with Crippen molar-refractivity contribution < 1.29 is 5.11 Å². The normalized spacial score (nSPS) is 22.6. The Kier molecular flexibility index (Phi) is 2.73. The number of aliphatic hydroxyl groups is 1. The number of aromatic nitrogens is 4. The highest BCUT2D eigenvalue weighted by Gasteiger charge is 2.27. The molecule has 0 bridgehead atoms. The molecule has 4 rings (SSSR count). The Morgan fingerprint density at radius 1 is 1.35 bits per heavy atom. The molecule has 2 fully saturated rings. The average Bonchev–Trinajstić information content (AvgIpc) is 3.01. The summed E-state index contributed by atoms with van der Waals surface area (Å²) in [5.41, 5.74) is 1.54. The molecule has 7 heteroatoms. The van der Waals surface area contributed by atoms with Crippen molar-refractivity contribution in [2.45, 2.75) is 37.8 Å². The summed E-state index contributed by atoms with van der Waals surface area (Å²) in [5, 5.41) is 12.8. The predicted octanol–water partition coefficient (Wildman–Crippen LogP) is 0.888. The van der Waals surface area contributed by atoms with E-state index in [1.165, 1.54) is 12.8 Å². The van der Waals surface area contributed by atoms with Crippen molar-refractivity contribution in [3.8, 4) is 0 Å². The summed E-state index contributed by atoms with van der Waals surface area (Å²) in [6, 6.07) is 0.695. The van der Waals surface area contributed by atoms with Gasteiger partial charge in [-0.25, -0.2) is 9.97 Å². The largest absolute Gasteiger partial charge is 0.394 e. The second-order valence-electron chi connectivity index (χ2n) is 5.57. The molecule has 1 aliphatic carbocycles. The average molecular weight is 274 g/mol. The van der Waals surface area contributed by atoms with Crippen LogP contribution in [0.1, 0.15) is 25.7 Å². The first-order chi connectivity index (χ1) is 9.85. The van der Waals surface area contributed by atoms with Crippen molar-refractivity contribution >= 4 is 22.9 Å². The quantitative estimate of drug-likeness (QED) is 0.767. The highest BCUT2D eigenvalue weighted by atomic mass is 16.3. The van der Waals surface area contributed by atoms with Crippen LogP contribution >= 0.6 is 0 Å². The molecule has 1 saturated carbocycles. The van der Waals surface area contributed by atoms with Gasteiger partial charge in [0.05, 0.1) is 12.6 Å². The molecule has 0 radical (unpaired) electrons. The molecule has 3 N–H and O–H groups in total. The molecule has 1 saturated heterocycles. The molecule has 0 amide bonds. The van der Waals surface area contributed by atoms with Gasteiger partial charge < -0.3 is 20.3 Å². The number of rotatable bonds is 4. The lowest BCUT2D eigenvalue weighted by atomic mass is 10.2. The van der Waals surface area contributed by atoms with E-state index in [0.717, 1.165) is 36.7 Å². The fourth-order valence-electron chi connectivity index (χ4n) is 2.79. The van der Waals surface area contributed by atoms with E-state index in [0.29, 0.717) is 11.7 Å². The summed E-state index contributed by atoms with van der Waals surface area (Å²) in [6.07, 6.45) is 6.04. The van der Waals surface area contributed by atoms with Crippen molar-refractivity contribution in [2.24, 2.45) is 0 Å². The minimum absolute atomic E-state index is 0.156. The topological polar surface area (TPSA) is 90.0 Å². The number of nitrogens with one attached hydrogen (secondary N) is 2. The highest BCUT2D eigenvalue weighted by molar-refractivity contribution is 5.84. The Labute approximate surface area is 116 Å². The number of aliphatic hydroxyl groups excluding tert-OH is 1. The van der Waals surface area contributed by atoms with Gasteiger partial charge in [-0.1, -0.05) is 0 Å². The van der Waals surface area contributed by atoms with Crippen LogP contribution in [0.2, 0.25) is 0 Å². The number of imidazole rings is 1. The van der Waals surface area contributed by atoms with Gasteiger partial charge in [0.15, 0.2) is 11.5 Å². The van der Waals surface area contributed by atoms with Crippen LogP contribution in [0.4, 0.5) is 11.8 Å². The van der Waals surface area contributed by atoms with Crippen molar-refractivity contribution in [1.29, 1.82) is 0 Å². The van der Waals surface area contributed by atoms with E-state index in [2.05, 4.69) is 30.2 Å². The summed E-state index contributed by atoms with van der Waals surface area (Å²) < 4.78 is 0. The maximum Gasteiger partial charge on any atom is 0.205 e. The summed E-state index contributed by atoms with van der Waals surface area (Å²) in [5.74, 6) is 1.62. The number of aromatic amines is 1. The molecule has 0 aromatic carbocycles. The van der Waals surface area contributed by atoms with E-state index in [-0.39, 0.29) is 12.6 Å². The van der Waals surface area contributed by atoms with Gasteiger partial charge in [0.2, 0.25) is 5.95 Å². The maximum atomic E-state index is 9.43. The van der Waals surface area contributed by atoms with Gasteiger partial charge in [-0.05, 0) is 25.7 Å². The molecule has 2 aromatic rings. The van der Waals surface area contributed by atoms with E-state index in [4.69, 9.17) is 0 Å². The van der Waals surface area contributed by atoms with E-state index >= 15 is 0 Å². The summed E-state index contributed by atoms with van der Waals surface area (Å²) in [6.45, 7) is 1.08. The number of anilines is 2. The predicted molar refractivity (Wildman–Crippen MR) is 75.8 cm³/mol. The van der Waals surface area contributed by atoms with Gasteiger partial charge in [0.25, 0.3) is 0 Å². The number of H-pyrrole nitrogens is 1. The molecule has 1 unspecified atom stereocenters. The summed E-state index contributed by atoms with van der Waals surface area (Å²) in [4.78, 5) is 18.5. The zero-order chi connectivity index (χ0) is 13.5. The minimum atomic E-state index is 0.156. The summed E-state index contributed by atoms with van der Waals surface area (Å²) >= 11 is 0. The Balaban J connectivity index is 1.70. The molecule has 7 nitrogen and oxygen atoms in total. The molecular formula is C13H18N6O. The zero-order valence-corrected chi connectivity index (χ0v) is 11.2. The van der Waals surface area contributed by atoms with Gasteiger partial charge in [0, 0.05) is 12.6 Å².